The van der Waals surface area contributed by atoms with Gasteiger partial charge in [-0.2, -0.15) is 0 Å². The zero-order chi connectivity index (χ0) is 19.6. The molecule has 0 spiro atoms. The van der Waals surface area contributed by atoms with E-state index in [1.807, 2.05) is 32.0 Å². The van der Waals surface area contributed by atoms with Gasteiger partial charge in [0.25, 0.3) is 0 Å². The van der Waals surface area contributed by atoms with Crippen molar-refractivity contribution in [3.05, 3.63) is 71.3 Å². The Bertz CT molecular complexity index is 888. The number of nitrogens with zero attached hydrogens (tertiary/aromatic N) is 2. The van der Waals surface area contributed by atoms with E-state index in [0.717, 1.165) is 16.0 Å². The van der Waals surface area contributed by atoms with E-state index >= 15 is 0 Å². The van der Waals surface area contributed by atoms with Crippen molar-refractivity contribution in [3.8, 4) is 0 Å². The summed E-state index contributed by atoms with van der Waals surface area (Å²) in [6, 6.07) is 15.2. The van der Waals surface area contributed by atoms with Gasteiger partial charge in [0.15, 0.2) is 5.78 Å². The highest BCUT2D eigenvalue weighted by Crippen LogP contribution is 2.18. The van der Waals surface area contributed by atoms with Gasteiger partial charge in [0, 0.05) is 5.56 Å². The summed E-state index contributed by atoms with van der Waals surface area (Å²) in [5.41, 5.74) is 2.21. The topological polar surface area (TPSA) is 74.8 Å². The molecular formula is C21H20N2O4. The summed E-state index contributed by atoms with van der Waals surface area (Å²) in [4.78, 5) is 50.9. The van der Waals surface area contributed by atoms with E-state index in [4.69, 9.17) is 0 Å². The Morgan fingerprint density at radius 3 is 2.04 bits per heavy atom. The molecule has 0 bridgehead atoms. The summed E-state index contributed by atoms with van der Waals surface area (Å²) in [6.45, 7) is 3.64. The van der Waals surface area contributed by atoms with Gasteiger partial charge in [0.05, 0.1) is 13.1 Å². The van der Waals surface area contributed by atoms with Crippen molar-refractivity contribution in [2.75, 3.05) is 6.54 Å². The second kappa shape index (κ2) is 7.53. The van der Waals surface area contributed by atoms with Gasteiger partial charge in [-0.3, -0.25) is 19.3 Å². The van der Waals surface area contributed by atoms with Crippen LogP contribution in [0.1, 0.15) is 41.3 Å². The number of carbonyl (C=O) groups is 4. The number of hydrogen-bond donors (Lipinski definition) is 0. The van der Waals surface area contributed by atoms with Gasteiger partial charge in [-0.25, -0.2) is 9.69 Å². The van der Waals surface area contributed by atoms with Crippen molar-refractivity contribution in [1.82, 2.24) is 9.80 Å². The van der Waals surface area contributed by atoms with Crippen molar-refractivity contribution >= 4 is 23.6 Å². The van der Waals surface area contributed by atoms with Crippen LogP contribution in [-0.2, 0) is 16.1 Å². The third kappa shape index (κ3) is 3.79. The van der Waals surface area contributed by atoms with E-state index in [2.05, 4.69) is 0 Å². The summed E-state index contributed by atoms with van der Waals surface area (Å²) < 4.78 is 0. The molecule has 1 aliphatic rings. The van der Waals surface area contributed by atoms with Gasteiger partial charge in [-0.15, -0.1) is 0 Å². The number of ketones is 1. The van der Waals surface area contributed by atoms with Crippen LogP contribution >= 0.6 is 0 Å². The first-order valence-corrected chi connectivity index (χ1v) is 8.73. The number of imide groups is 2. The van der Waals surface area contributed by atoms with Crippen molar-refractivity contribution in [1.29, 1.82) is 0 Å². The van der Waals surface area contributed by atoms with Gasteiger partial charge in [0.2, 0.25) is 0 Å². The SMILES string of the molecule is CC(C)c1ccc(C(=O)CN2C(=O)C(=O)N(Cc3ccccc3)C2=O)cc1. The first-order valence-electron chi connectivity index (χ1n) is 8.73. The lowest BCUT2D eigenvalue weighted by atomic mass is 10.0. The van der Waals surface area contributed by atoms with Gasteiger partial charge >= 0.3 is 17.8 Å². The molecule has 1 saturated heterocycles. The van der Waals surface area contributed by atoms with Gasteiger partial charge < -0.3 is 0 Å². The average molecular weight is 364 g/mol. The first kappa shape index (κ1) is 18.5. The minimum atomic E-state index is -0.969. The van der Waals surface area contributed by atoms with E-state index in [-0.39, 0.29) is 12.3 Å². The van der Waals surface area contributed by atoms with Crippen LogP contribution in [-0.4, -0.2) is 40.0 Å². The summed E-state index contributed by atoms with van der Waals surface area (Å²) in [5.74, 6) is -1.93. The third-order valence-electron chi connectivity index (χ3n) is 4.52. The molecule has 0 unspecified atom stereocenters. The zero-order valence-corrected chi connectivity index (χ0v) is 15.2. The molecular weight excluding hydrogens is 344 g/mol. The molecule has 0 saturated carbocycles. The molecule has 3 rings (SSSR count). The predicted octanol–water partition coefficient (Wildman–Crippen LogP) is 2.98. The maximum Gasteiger partial charge on any atom is 0.334 e. The molecule has 4 amide bonds. The molecule has 27 heavy (non-hydrogen) atoms. The summed E-state index contributed by atoms with van der Waals surface area (Å²) >= 11 is 0. The van der Waals surface area contributed by atoms with Gasteiger partial charge in [-0.1, -0.05) is 68.4 Å². The maximum absolute atomic E-state index is 12.5. The Labute approximate surface area is 157 Å². The lowest BCUT2D eigenvalue weighted by Gasteiger charge is -2.15. The molecule has 0 aliphatic carbocycles. The van der Waals surface area contributed by atoms with E-state index in [1.54, 1.807) is 36.4 Å². The third-order valence-corrected chi connectivity index (χ3v) is 4.52. The largest absolute Gasteiger partial charge is 0.334 e. The number of urea groups is 1. The lowest BCUT2D eigenvalue weighted by Crippen LogP contribution is -2.36. The monoisotopic (exact) mass is 364 g/mol. The van der Waals surface area contributed by atoms with E-state index in [9.17, 15) is 19.2 Å². The Kier molecular flexibility index (Phi) is 5.16. The number of carbonyl (C=O) groups excluding carboxylic acids is 4. The van der Waals surface area contributed by atoms with Crippen molar-refractivity contribution in [2.24, 2.45) is 0 Å². The quantitative estimate of drug-likeness (QED) is 0.449. The second-order valence-corrected chi connectivity index (χ2v) is 6.75. The molecule has 2 aromatic rings. The number of rotatable bonds is 6. The van der Waals surface area contributed by atoms with Gasteiger partial charge in [0.1, 0.15) is 0 Å². The Morgan fingerprint density at radius 1 is 0.852 bits per heavy atom. The molecule has 138 valence electrons. The summed E-state index contributed by atoms with van der Waals surface area (Å²) in [5, 5.41) is 0. The highest BCUT2D eigenvalue weighted by Gasteiger charge is 2.45. The standard InChI is InChI=1S/C21H20N2O4/c1-14(2)16-8-10-17(11-9-16)18(24)13-23-20(26)19(25)22(21(23)27)12-15-6-4-3-5-7-15/h3-11,14H,12-13H2,1-2H3. The fraction of sp³-hybridized carbons (Fsp3) is 0.238. The molecule has 0 N–H and O–H groups in total. The molecule has 0 radical (unpaired) electrons. The van der Waals surface area contributed by atoms with Crippen LogP contribution in [0.25, 0.3) is 0 Å². The zero-order valence-electron chi connectivity index (χ0n) is 15.2. The van der Waals surface area contributed by atoms with Crippen LogP contribution in [0.5, 0.6) is 0 Å². The first-order chi connectivity index (χ1) is 12.9. The molecule has 1 fully saturated rings. The predicted molar refractivity (Wildman–Crippen MR) is 99.0 cm³/mol. The van der Waals surface area contributed by atoms with Crippen molar-refractivity contribution in [2.45, 2.75) is 26.3 Å². The Morgan fingerprint density at radius 2 is 1.44 bits per heavy atom. The molecule has 0 atom stereocenters. The number of Topliss-reactive ketones (excluding diaryl/α,β-unsaturated/α-hetero) is 1. The number of hydrogen-bond acceptors (Lipinski definition) is 4. The summed E-state index contributed by atoms with van der Waals surface area (Å²) in [7, 11) is 0. The molecule has 6 nitrogen and oxygen atoms in total. The molecule has 1 aliphatic heterocycles. The van der Waals surface area contributed by atoms with Crippen molar-refractivity contribution < 1.29 is 19.2 Å². The molecule has 2 aromatic carbocycles. The maximum atomic E-state index is 12.5. The van der Waals surface area contributed by atoms with Crippen LogP contribution in [0.4, 0.5) is 4.79 Å². The fourth-order valence-corrected chi connectivity index (χ4v) is 2.88. The Balaban J connectivity index is 1.72. The lowest BCUT2D eigenvalue weighted by molar-refractivity contribution is -0.143. The van der Waals surface area contributed by atoms with Crippen molar-refractivity contribution in [3.63, 3.8) is 0 Å². The smallest absolute Gasteiger partial charge is 0.292 e. The summed E-state index contributed by atoms with van der Waals surface area (Å²) in [6.07, 6.45) is 0. The van der Waals surface area contributed by atoms with Crippen LogP contribution in [0.2, 0.25) is 0 Å². The van der Waals surface area contributed by atoms with Crippen LogP contribution in [0.15, 0.2) is 54.6 Å². The molecule has 1 heterocycles. The van der Waals surface area contributed by atoms with Gasteiger partial charge in [-0.05, 0) is 17.0 Å². The second-order valence-electron chi connectivity index (χ2n) is 6.75. The van der Waals surface area contributed by atoms with Crippen LogP contribution in [0.3, 0.4) is 0 Å². The van der Waals surface area contributed by atoms with E-state index in [0.29, 0.717) is 16.4 Å². The highest BCUT2D eigenvalue weighted by atomic mass is 16.2. The number of amides is 4. The molecule has 0 aromatic heterocycles. The average Bonchev–Trinajstić information content (AvgIpc) is 2.87. The normalized spacial score (nSPS) is 14.4. The minimum absolute atomic E-state index is 0.00196. The van der Waals surface area contributed by atoms with Crippen LogP contribution < -0.4 is 0 Å². The molecule has 6 heteroatoms. The fourth-order valence-electron chi connectivity index (χ4n) is 2.88. The van der Waals surface area contributed by atoms with Crippen LogP contribution in [0, 0.1) is 0 Å². The van der Waals surface area contributed by atoms with E-state index in [1.165, 1.54) is 0 Å². The highest BCUT2D eigenvalue weighted by molar-refractivity contribution is 6.45. The Hall–Kier alpha value is -3.28. The number of benzene rings is 2. The van der Waals surface area contributed by atoms with E-state index < -0.39 is 24.4 Å². The minimum Gasteiger partial charge on any atom is -0.292 e.